The average Bonchev–Trinajstić information content (AvgIpc) is 2.73. The van der Waals surface area contributed by atoms with Crippen molar-refractivity contribution < 1.29 is 0 Å². The van der Waals surface area contributed by atoms with Gasteiger partial charge in [0, 0.05) is 31.4 Å². The van der Waals surface area contributed by atoms with E-state index in [1.807, 2.05) is 24.1 Å². The van der Waals surface area contributed by atoms with E-state index in [0.717, 1.165) is 6.54 Å². The second-order valence-corrected chi connectivity index (χ2v) is 4.48. The summed E-state index contributed by atoms with van der Waals surface area (Å²) >= 11 is 0. The topological polar surface area (TPSA) is 29.9 Å². The summed E-state index contributed by atoms with van der Waals surface area (Å²) in [4.78, 5) is 0. The van der Waals surface area contributed by atoms with Crippen LogP contribution in [0.4, 0.5) is 0 Å². The fraction of sp³-hybridized carbons (Fsp3) is 0.357. The summed E-state index contributed by atoms with van der Waals surface area (Å²) in [6, 6.07) is 8.85. The predicted molar refractivity (Wildman–Crippen MR) is 69.6 cm³/mol. The molecule has 2 aromatic rings. The van der Waals surface area contributed by atoms with Crippen molar-refractivity contribution in [2.45, 2.75) is 26.4 Å². The summed E-state index contributed by atoms with van der Waals surface area (Å²) in [6.07, 6.45) is 3.94. The third kappa shape index (κ3) is 2.94. The maximum atomic E-state index is 4.16. The largest absolute Gasteiger partial charge is 0.306 e. The Bertz CT molecular complexity index is 488. The van der Waals surface area contributed by atoms with Gasteiger partial charge < -0.3 is 5.32 Å². The minimum Gasteiger partial charge on any atom is -0.306 e. The molecule has 0 aliphatic carbocycles. The normalized spacial score (nSPS) is 12.6. The quantitative estimate of drug-likeness (QED) is 0.873. The molecule has 0 saturated carbocycles. The first kappa shape index (κ1) is 11.9. The number of nitrogens with one attached hydrogen (secondary N) is 1. The molecular formula is C14H19N3. The van der Waals surface area contributed by atoms with Crippen LogP contribution in [-0.2, 0) is 13.6 Å². The Morgan fingerprint density at radius 2 is 2.12 bits per heavy atom. The van der Waals surface area contributed by atoms with Gasteiger partial charge in [-0.05, 0) is 25.0 Å². The van der Waals surface area contributed by atoms with Crippen LogP contribution in [0.3, 0.4) is 0 Å². The van der Waals surface area contributed by atoms with E-state index in [1.165, 1.54) is 16.7 Å². The van der Waals surface area contributed by atoms with Crippen molar-refractivity contribution in [3.8, 4) is 0 Å². The van der Waals surface area contributed by atoms with Crippen LogP contribution in [0.1, 0.15) is 29.7 Å². The second kappa shape index (κ2) is 5.15. The maximum absolute atomic E-state index is 4.16. The highest BCUT2D eigenvalue weighted by Crippen LogP contribution is 2.16. The van der Waals surface area contributed by atoms with E-state index in [2.05, 4.69) is 48.5 Å². The van der Waals surface area contributed by atoms with E-state index in [0.29, 0.717) is 6.04 Å². The summed E-state index contributed by atoms with van der Waals surface area (Å²) in [6.45, 7) is 5.19. The molecule has 0 aliphatic heterocycles. The molecule has 1 unspecified atom stereocenters. The number of aryl methyl sites for hydroxylation is 2. The number of hydrogen-bond donors (Lipinski definition) is 1. The Kier molecular flexibility index (Phi) is 3.59. The van der Waals surface area contributed by atoms with E-state index in [1.54, 1.807) is 0 Å². The third-order valence-corrected chi connectivity index (χ3v) is 3.03. The van der Waals surface area contributed by atoms with Crippen molar-refractivity contribution in [2.24, 2.45) is 7.05 Å². The van der Waals surface area contributed by atoms with Crippen molar-refractivity contribution in [2.75, 3.05) is 0 Å². The minimum atomic E-state index is 0.358. The first-order valence-corrected chi connectivity index (χ1v) is 5.93. The molecule has 1 heterocycles. The molecule has 0 fully saturated rings. The highest BCUT2D eigenvalue weighted by Gasteiger charge is 2.07. The van der Waals surface area contributed by atoms with Crippen LogP contribution in [0.15, 0.2) is 36.7 Å². The van der Waals surface area contributed by atoms with Gasteiger partial charge >= 0.3 is 0 Å². The van der Waals surface area contributed by atoms with Gasteiger partial charge in [-0.15, -0.1) is 0 Å². The summed E-state index contributed by atoms with van der Waals surface area (Å²) in [5.41, 5.74) is 3.91. The maximum Gasteiger partial charge on any atom is 0.0534 e. The van der Waals surface area contributed by atoms with Crippen LogP contribution >= 0.6 is 0 Å². The number of hydrogen-bond acceptors (Lipinski definition) is 2. The van der Waals surface area contributed by atoms with Crippen molar-refractivity contribution in [1.82, 2.24) is 15.1 Å². The van der Waals surface area contributed by atoms with Crippen molar-refractivity contribution >= 4 is 0 Å². The molecule has 17 heavy (non-hydrogen) atoms. The average molecular weight is 229 g/mol. The first-order chi connectivity index (χ1) is 8.16. The van der Waals surface area contributed by atoms with E-state index < -0.39 is 0 Å². The smallest absolute Gasteiger partial charge is 0.0534 e. The van der Waals surface area contributed by atoms with Gasteiger partial charge in [0.25, 0.3) is 0 Å². The zero-order valence-electron chi connectivity index (χ0n) is 10.6. The van der Waals surface area contributed by atoms with Gasteiger partial charge in [0.05, 0.1) is 6.20 Å². The van der Waals surface area contributed by atoms with Gasteiger partial charge in [-0.2, -0.15) is 5.10 Å². The van der Waals surface area contributed by atoms with Crippen LogP contribution in [0.25, 0.3) is 0 Å². The standard InChI is InChI=1S/C14H19N3/c1-11-6-4-5-7-14(11)12(2)15-8-13-9-16-17(3)10-13/h4-7,9-10,12,15H,8H2,1-3H3. The van der Waals surface area contributed by atoms with Crippen LogP contribution in [0.5, 0.6) is 0 Å². The molecule has 90 valence electrons. The monoisotopic (exact) mass is 229 g/mol. The lowest BCUT2D eigenvalue weighted by Gasteiger charge is -2.15. The van der Waals surface area contributed by atoms with Crippen LogP contribution in [-0.4, -0.2) is 9.78 Å². The Labute approximate surface area is 102 Å². The van der Waals surface area contributed by atoms with E-state index in [-0.39, 0.29) is 0 Å². The van der Waals surface area contributed by atoms with Gasteiger partial charge in [0.2, 0.25) is 0 Å². The van der Waals surface area contributed by atoms with Gasteiger partial charge in [-0.3, -0.25) is 4.68 Å². The molecule has 0 saturated heterocycles. The van der Waals surface area contributed by atoms with Gasteiger partial charge in [0.1, 0.15) is 0 Å². The Hall–Kier alpha value is -1.61. The lowest BCUT2D eigenvalue weighted by Crippen LogP contribution is -2.18. The number of aromatic nitrogens is 2. The van der Waals surface area contributed by atoms with Crippen LogP contribution < -0.4 is 5.32 Å². The number of nitrogens with zero attached hydrogens (tertiary/aromatic N) is 2. The van der Waals surface area contributed by atoms with E-state index >= 15 is 0 Å². The zero-order valence-corrected chi connectivity index (χ0v) is 10.6. The molecule has 0 aliphatic rings. The molecule has 0 spiro atoms. The Morgan fingerprint density at radius 1 is 1.35 bits per heavy atom. The van der Waals surface area contributed by atoms with Gasteiger partial charge in [-0.1, -0.05) is 24.3 Å². The Balaban J connectivity index is 1.98. The lowest BCUT2D eigenvalue weighted by atomic mass is 10.0. The van der Waals surface area contributed by atoms with Gasteiger partial charge in [0.15, 0.2) is 0 Å². The van der Waals surface area contributed by atoms with Crippen LogP contribution in [0, 0.1) is 6.92 Å². The summed E-state index contributed by atoms with van der Waals surface area (Å²) in [7, 11) is 1.94. The molecule has 0 radical (unpaired) electrons. The van der Waals surface area contributed by atoms with Gasteiger partial charge in [-0.25, -0.2) is 0 Å². The predicted octanol–water partition coefficient (Wildman–Crippen LogP) is 2.58. The molecular weight excluding hydrogens is 210 g/mol. The molecule has 2 rings (SSSR count). The minimum absolute atomic E-state index is 0.358. The highest BCUT2D eigenvalue weighted by molar-refractivity contribution is 5.28. The van der Waals surface area contributed by atoms with Crippen LogP contribution in [0.2, 0.25) is 0 Å². The number of benzene rings is 1. The highest BCUT2D eigenvalue weighted by atomic mass is 15.2. The molecule has 1 N–H and O–H groups in total. The molecule has 3 nitrogen and oxygen atoms in total. The first-order valence-electron chi connectivity index (χ1n) is 5.93. The fourth-order valence-corrected chi connectivity index (χ4v) is 2.02. The van der Waals surface area contributed by atoms with Crippen molar-refractivity contribution in [3.63, 3.8) is 0 Å². The molecule has 0 bridgehead atoms. The fourth-order valence-electron chi connectivity index (χ4n) is 2.02. The van der Waals surface area contributed by atoms with Crippen molar-refractivity contribution in [3.05, 3.63) is 53.3 Å². The lowest BCUT2D eigenvalue weighted by molar-refractivity contribution is 0.572. The summed E-state index contributed by atoms with van der Waals surface area (Å²) in [5, 5.41) is 7.68. The molecule has 1 aromatic carbocycles. The molecule has 1 atom stereocenters. The number of rotatable bonds is 4. The molecule has 1 aromatic heterocycles. The summed E-state index contributed by atoms with van der Waals surface area (Å²) < 4.78 is 1.83. The van der Waals surface area contributed by atoms with E-state index in [4.69, 9.17) is 0 Å². The zero-order chi connectivity index (χ0) is 12.3. The Morgan fingerprint density at radius 3 is 2.76 bits per heavy atom. The molecule has 0 amide bonds. The second-order valence-electron chi connectivity index (χ2n) is 4.48. The third-order valence-electron chi connectivity index (χ3n) is 3.03. The van der Waals surface area contributed by atoms with E-state index in [9.17, 15) is 0 Å². The SMILES string of the molecule is Cc1ccccc1C(C)NCc1cnn(C)c1. The molecule has 3 heteroatoms. The van der Waals surface area contributed by atoms with Crippen molar-refractivity contribution in [1.29, 1.82) is 0 Å². The summed E-state index contributed by atoms with van der Waals surface area (Å²) in [5.74, 6) is 0.